The molecule has 0 aliphatic carbocycles. The Kier molecular flexibility index (Phi) is 3.58. The number of carbonyl (C=O) groups is 1. The van der Waals surface area contributed by atoms with Gasteiger partial charge in [0.25, 0.3) is 5.24 Å². The van der Waals surface area contributed by atoms with Gasteiger partial charge in [0.15, 0.2) is 0 Å². The second-order valence-corrected chi connectivity index (χ2v) is 4.37. The lowest BCUT2D eigenvalue weighted by Crippen LogP contribution is -1.90. The third-order valence-electron chi connectivity index (χ3n) is 1.25. The summed E-state index contributed by atoms with van der Waals surface area (Å²) in [5.74, 6) is 0. The Hall–Kier alpha value is 0.430. The summed E-state index contributed by atoms with van der Waals surface area (Å²) in [6.07, 6.45) is 0. The zero-order valence-electron chi connectivity index (χ0n) is 5.57. The van der Waals surface area contributed by atoms with E-state index in [0.29, 0.717) is 15.1 Å². The van der Waals surface area contributed by atoms with Crippen molar-refractivity contribution >= 4 is 60.3 Å². The van der Waals surface area contributed by atoms with Crippen LogP contribution in [-0.4, -0.2) is 5.24 Å². The van der Waals surface area contributed by atoms with Crippen LogP contribution in [0.15, 0.2) is 21.1 Å². The molecule has 12 heavy (non-hydrogen) atoms. The molecule has 0 fully saturated rings. The topological polar surface area (TPSA) is 17.1 Å². The van der Waals surface area contributed by atoms with Crippen molar-refractivity contribution < 1.29 is 4.79 Å². The van der Waals surface area contributed by atoms with Crippen LogP contribution in [0.2, 0.25) is 5.02 Å². The normalized spacial score (nSPS) is 10.0. The second kappa shape index (κ2) is 4.09. The van der Waals surface area contributed by atoms with Crippen LogP contribution in [0.5, 0.6) is 0 Å². The minimum absolute atomic E-state index is 0.299. The van der Waals surface area contributed by atoms with Gasteiger partial charge in [0.05, 0.1) is 15.1 Å². The number of carbonyl (C=O) groups excluding carboxylic acids is 1. The van der Waals surface area contributed by atoms with E-state index in [1.54, 1.807) is 12.1 Å². The summed E-state index contributed by atoms with van der Waals surface area (Å²) in [6.45, 7) is 0. The van der Waals surface area contributed by atoms with Crippen LogP contribution in [0, 0.1) is 0 Å². The van der Waals surface area contributed by atoms with E-state index >= 15 is 0 Å². The Morgan fingerprint density at radius 3 is 2.42 bits per heavy atom. The van der Waals surface area contributed by atoms with Crippen LogP contribution in [0.25, 0.3) is 0 Å². The molecule has 5 heteroatoms. The fourth-order valence-electron chi connectivity index (χ4n) is 0.678. The smallest absolute Gasteiger partial charge is 0.253 e. The molecule has 0 spiro atoms. The first-order valence-corrected chi connectivity index (χ1v) is 5.21. The number of rotatable bonds is 1. The Morgan fingerprint density at radius 2 is 1.92 bits per heavy atom. The maximum atomic E-state index is 10.8. The van der Waals surface area contributed by atoms with Gasteiger partial charge >= 0.3 is 0 Å². The summed E-state index contributed by atoms with van der Waals surface area (Å²) in [5.41, 5.74) is 0.299. The lowest BCUT2D eigenvalue weighted by molar-refractivity contribution is 0.108. The van der Waals surface area contributed by atoms with Crippen molar-refractivity contribution in [1.82, 2.24) is 0 Å². The van der Waals surface area contributed by atoms with E-state index in [1.165, 1.54) is 0 Å². The molecule has 0 atom stereocenters. The van der Waals surface area contributed by atoms with Crippen molar-refractivity contribution in [3.63, 3.8) is 0 Å². The van der Waals surface area contributed by atoms with Gasteiger partial charge in [0.1, 0.15) is 0 Å². The number of halogens is 4. The Morgan fingerprint density at radius 1 is 1.33 bits per heavy atom. The molecule has 0 heterocycles. The SMILES string of the molecule is O=C(Cl)c1ccc(Br)c(Br)c1Cl. The summed E-state index contributed by atoms with van der Waals surface area (Å²) in [7, 11) is 0. The second-order valence-electron chi connectivity index (χ2n) is 2.00. The van der Waals surface area contributed by atoms with Crippen LogP contribution in [0.1, 0.15) is 10.4 Å². The van der Waals surface area contributed by atoms with Crippen molar-refractivity contribution in [1.29, 1.82) is 0 Å². The molecule has 0 aliphatic rings. The van der Waals surface area contributed by atoms with E-state index in [2.05, 4.69) is 31.9 Å². The van der Waals surface area contributed by atoms with Crippen LogP contribution in [0.4, 0.5) is 0 Å². The molecule has 0 aliphatic heterocycles. The third-order valence-corrected chi connectivity index (χ3v) is 4.09. The van der Waals surface area contributed by atoms with Gasteiger partial charge in [0, 0.05) is 4.47 Å². The van der Waals surface area contributed by atoms with Crippen molar-refractivity contribution in [3.05, 3.63) is 31.7 Å². The molecule has 0 saturated carbocycles. The first kappa shape index (κ1) is 10.5. The average Bonchev–Trinajstić information content (AvgIpc) is 2.00. The van der Waals surface area contributed by atoms with E-state index < -0.39 is 5.24 Å². The van der Waals surface area contributed by atoms with Crippen LogP contribution in [0.3, 0.4) is 0 Å². The molecular weight excluding hydrogens is 331 g/mol. The molecule has 1 rings (SSSR count). The van der Waals surface area contributed by atoms with E-state index in [0.717, 1.165) is 4.47 Å². The van der Waals surface area contributed by atoms with Crippen LogP contribution >= 0.6 is 55.1 Å². The summed E-state index contributed by atoms with van der Waals surface area (Å²) >= 11 is 17.5. The lowest BCUT2D eigenvalue weighted by Gasteiger charge is -2.02. The first-order chi connectivity index (χ1) is 5.54. The quantitative estimate of drug-likeness (QED) is 0.555. The molecule has 0 bridgehead atoms. The van der Waals surface area contributed by atoms with Gasteiger partial charge < -0.3 is 0 Å². The predicted octanol–water partition coefficient (Wildman–Crippen LogP) is 4.24. The minimum Gasteiger partial charge on any atom is -0.276 e. The fraction of sp³-hybridized carbons (Fsp3) is 0. The van der Waals surface area contributed by atoms with E-state index in [1.807, 2.05) is 0 Å². The molecule has 0 amide bonds. The van der Waals surface area contributed by atoms with E-state index in [9.17, 15) is 4.79 Å². The number of benzene rings is 1. The Bertz CT molecular complexity index is 338. The third kappa shape index (κ3) is 2.02. The van der Waals surface area contributed by atoms with Gasteiger partial charge in [-0.2, -0.15) is 0 Å². The first-order valence-electron chi connectivity index (χ1n) is 2.87. The van der Waals surface area contributed by atoms with Crippen molar-refractivity contribution in [2.45, 2.75) is 0 Å². The molecule has 0 unspecified atom stereocenters. The molecule has 1 aromatic carbocycles. The Balaban J connectivity index is 3.36. The van der Waals surface area contributed by atoms with Gasteiger partial charge in [-0.25, -0.2) is 0 Å². The molecule has 64 valence electrons. The molecule has 0 radical (unpaired) electrons. The van der Waals surface area contributed by atoms with Gasteiger partial charge in [-0.3, -0.25) is 4.79 Å². The van der Waals surface area contributed by atoms with Crippen LogP contribution < -0.4 is 0 Å². The molecule has 0 N–H and O–H groups in total. The molecule has 0 aromatic heterocycles. The summed E-state index contributed by atoms with van der Waals surface area (Å²) in [6, 6.07) is 3.26. The van der Waals surface area contributed by atoms with E-state index in [-0.39, 0.29) is 0 Å². The zero-order chi connectivity index (χ0) is 9.30. The standard InChI is InChI=1S/C7H2Br2Cl2O/c8-4-2-1-3(7(11)12)6(10)5(4)9/h1-2H. The lowest BCUT2D eigenvalue weighted by atomic mass is 10.2. The highest BCUT2D eigenvalue weighted by atomic mass is 79.9. The molecule has 1 nitrogen and oxygen atoms in total. The van der Waals surface area contributed by atoms with Crippen molar-refractivity contribution in [2.75, 3.05) is 0 Å². The fourth-order valence-corrected chi connectivity index (χ4v) is 1.92. The largest absolute Gasteiger partial charge is 0.276 e. The highest BCUT2D eigenvalue weighted by Crippen LogP contribution is 2.33. The zero-order valence-corrected chi connectivity index (χ0v) is 10.3. The van der Waals surface area contributed by atoms with Gasteiger partial charge in [-0.1, -0.05) is 11.6 Å². The maximum Gasteiger partial charge on any atom is 0.253 e. The maximum absolute atomic E-state index is 10.8. The van der Waals surface area contributed by atoms with E-state index in [4.69, 9.17) is 23.2 Å². The Labute approximate surface area is 96.3 Å². The molecule has 0 saturated heterocycles. The molecule has 1 aromatic rings. The highest BCUT2D eigenvalue weighted by Gasteiger charge is 2.11. The monoisotopic (exact) mass is 330 g/mol. The van der Waals surface area contributed by atoms with Gasteiger partial charge in [-0.05, 0) is 55.6 Å². The van der Waals surface area contributed by atoms with Gasteiger partial charge in [0.2, 0.25) is 0 Å². The van der Waals surface area contributed by atoms with Crippen LogP contribution in [-0.2, 0) is 0 Å². The minimum atomic E-state index is -0.562. The van der Waals surface area contributed by atoms with Gasteiger partial charge in [-0.15, -0.1) is 0 Å². The van der Waals surface area contributed by atoms with Crippen molar-refractivity contribution in [2.24, 2.45) is 0 Å². The number of hydrogen-bond acceptors (Lipinski definition) is 1. The highest BCUT2D eigenvalue weighted by molar-refractivity contribution is 9.13. The molecular formula is C7H2Br2Cl2O. The average molecular weight is 333 g/mol. The number of hydrogen-bond donors (Lipinski definition) is 0. The summed E-state index contributed by atoms with van der Waals surface area (Å²) in [5, 5.41) is -0.238. The summed E-state index contributed by atoms with van der Waals surface area (Å²) in [4.78, 5) is 10.8. The van der Waals surface area contributed by atoms with Crippen molar-refractivity contribution in [3.8, 4) is 0 Å². The summed E-state index contributed by atoms with van der Waals surface area (Å²) < 4.78 is 1.42. The predicted molar refractivity (Wildman–Crippen MR) is 57.0 cm³/mol.